The van der Waals surface area contributed by atoms with Gasteiger partial charge in [-0.3, -0.25) is 14.4 Å². The van der Waals surface area contributed by atoms with Crippen LogP contribution in [0, 0.1) is 0 Å². The first kappa shape index (κ1) is 15.3. The molecule has 24 heavy (non-hydrogen) atoms. The number of Topliss-reactive ketones (excluding diaryl/α,β-unsaturated/α-hetero) is 2. The molecule has 9 nitrogen and oxygen atoms in total. The summed E-state index contributed by atoms with van der Waals surface area (Å²) in [6.45, 7) is 1.66. The predicted octanol–water partition coefficient (Wildman–Crippen LogP) is -2.49. The average Bonchev–Trinajstić information content (AvgIpc) is 3.16. The number of amides is 1. The predicted molar refractivity (Wildman–Crippen MR) is 80.0 cm³/mol. The van der Waals surface area contributed by atoms with Crippen molar-refractivity contribution in [1.29, 1.82) is 0 Å². The molecule has 1 aliphatic carbocycles. The molecule has 1 amide bonds. The van der Waals surface area contributed by atoms with E-state index in [9.17, 15) is 14.4 Å². The van der Waals surface area contributed by atoms with E-state index in [0.717, 1.165) is 0 Å². The molecule has 9 heteroatoms. The summed E-state index contributed by atoms with van der Waals surface area (Å²) < 4.78 is 11.4. The molecule has 0 radical (unpaired) electrons. The lowest BCUT2D eigenvalue weighted by Gasteiger charge is -2.39. The lowest BCUT2D eigenvalue weighted by Crippen LogP contribution is -2.57. The van der Waals surface area contributed by atoms with Crippen LogP contribution in [0.5, 0.6) is 0 Å². The number of nitrogens with two attached hydrogens (primary N) is 2. The number of nitrogens with zero attached hydrogens (tertiary/aromatic N) is 1. The minimum absolute atomic E-state index is 0.0980. The molecule has 4 rings (SSSR count). The minimum Gasteiger partial charge on any atom is -0.395 e. The van der Waals surface area contributed by atoms with Gasteiger partial charge in [0.05, 0.1) is 23.0 Å². The number of primary amides is 1. The Morgan fingerprint density at radius 2 is 2.12 bits per heavy atom. The molecule has 4 aliphatic rings. The van der Waals surface area contributed by atoms with Crippen molar-refractivity contribution in [2.75, 3.05) is 20.3 Å². The van der Waals surface area contributed by atoms with Crippen LogP contribution in [0.15, 0.2) is 22.5 Å². The van der Waals surface area contributed by atoms with Gasteiger partial charge in [0.2, 0.25) is 17.5 Å². The number of rotatable bonds is 4. The highest BCUT2D eigenvalue weighted by atomic mass is 16.6. The highest BCUT2D eigenvalue weighted by molar-refractivity contribution is 6.25. The molecule has 1 unspecified atom stereocenters. The van der Waals surface area contributed by atoms with Crippen molar-refractivity contribution in [3.05, 3.63) is 22.5 Å². The van der Waals surface area contributed by atoms with E-state index in [-0.39, 0.29) is 47.0 Å². The van der Waals surface area contributed by atoms with Crippen LogP contribution in [0.4, 0.5) is 0 Å². The molecule has 0 aromatic rings. The van der Waals surface area contributed by atoms with Gasteiger partial charge in [-0.05, 0) is 6.92 Å². The van der Waals surface area contributed by atoms with Gasteiger partial charge in [0.15, 0.2) is 5.72 Å². The second-order valence-electron chi connectivity index (χ2n) is 6.43. The molecule has 2 saturated heterocycles. The Morgan fingerprint density at radius 3 is 2.75 bits per heavy atom. The molecule has 128 valence electrons. The standard InChI is InChI=1S/C15H18N4O5/c1-5-9(17)12(22)8-10(11(5)21)19-3-6-13(18-6)15(19,23-2)14(8)24-4-7(16)20/h6,13-14,18H,3-4,17H2,1-2H3,(H2,16,20)/t6?,13-,14+,15-/m0/s1. The number of carbonyl (C=O) groups excluding carboxylic acids is 3. The summed E-state index contributed by atoms with van der Waals surface area (Å²) in [5.41, 5.74) is 10.5. The van der Waals surface area contributed by atoms with Crippen LogP contribution in [0.1, 0.15) is 6.92 Å². The maximum absolute atomic E-state index is 12.8. The second-order valence-corrected chi connectivity index (χ2v) is 6.43. The van der Waals surface area contributed by atoms with Crippen molar-refractivity contribution >= 4 is 17.5 Å². The molecule has 4 atom stereocenters. The van der Waals surface area contributed by atoms with Gasteiger partial charge in [0, 0.05) is 25.3 Å². The van der Waals surface area contributed by atoms with Crippen LogP contribution >= 0.6 is 0 Å². The zero-order chi connectivity index (χ0) is 17.4. The molecular formula is C15H18N4O5. The minimum atomic E-state index is -1.05. The van der Waals surface area contributed by atoms with Gasteiger partial charge in [-0.1, -0.05) is 0 Å². The topological polar surface area (TPSA) is 147 Å². The van der Waals surface area contributed by atoms with E-state index >= 15 is 0 Å². The number of fused-ring (bicyclic) bond motifs is 4. The lowest BCUT2D eigenvalue weighted by atomic mass is 9.88. The van der Waals surface area contributed by atoms with Crippen molar-refractivity contribution in [3.63, 3.8) is 0 Å². The lowest BCUT2D eigenvalue weighted by molar-refractivity contribution is -0.169. The molecule has 0 aromatic heterocycles. The number of carbonyl (C=O) groups is 3. The summed E-state index contributed by atoms with van der Waals surface area (Å²) in [5, 5.41) is 3.25. The monoisotopic (exact) mass is 334 g/mol. The van der Waals surface area contributed by atoms with Crippen LogP contribution in [0.3, 0.4) is 0 Å². The summed E-state index contributed by atoms with van der Waals surface area (Å²) in [4.78, 5) is 38.4. The highest BCUT2D eigenvalue weighted by Gasteiger charge is 2.73. The first-order chi connectivity index (χ1) is 11.3. The van der Waals surface area contributed by atoms with Gasteiger partial charge >= 0.3 is 0 Å². The number of hydrogen-bond acceptors (Lipinski definition) is 8. The van der Waals surface area contributed by atoms with Crippen LogP contribution in [0.2, 0.25) is 0 Å². The summed E-state index contributed by atoms with van der Waals surface area (Å²) in [5.74, 6) is -1.44. The van der Waals surface area contributed by atoms with E-state index in [4.69, 9.17) is 20.9 Å². The van der Waals surface area contributed by atoms with E-state index in [1.165, 1.54) is 14.0 Å². The van der Waals surface area contributed by atoms with Crippen LogP contribution < -0.4 is 16.8 Å². The zero-order valence-corrected chi connectivity index (χ0v) is 13.3. The van der Waals surface area contributed by atoms with Gasteiger partial charge in [0.25, 0.3) is 0 Å². The largest absolute Gasteiger partial charge is 0.395 e. The number of hydrogen-bond donors (Lipinski definition) is 3. The maximum atomic E-state index is 12.8. The third-order valence-corrected chi connectivity index (χ3v) is 5.26. The SMILES string of the molecule is CO[C@@]12[C@H](OCC(N)=O)C3=C(C(=O)C(C)=C(N)C3=O)N1CC1N[C@@H]12. The van der Waals surface area contributed by atoms with E-state index in [1.807, 2.05) is 0 Å². The number of allylic oxidation sites excluding steroid dienone is 2. The Labute approximate surface area is 137 Å². The number of ether oxygens (including phenoxy) is 2. The fourth-order valence-corrected chi connectivity index (χ4v) is 4.09. The Bertz CT molecular complexity index is 757. The van der Waals surface area contributed by atoms with Gasteiger partial charge in [0.1, 0.15) is 12.7 Å². The highest BCUT2D eigenvalue weighted by Crippen LogP contribution is 2.53. The van der Waals surface area contributed by atoms with Crippen LogP contribution in [-0.4, -0.2) is 66.5 Å². The van der Waals surface area contributed by atoms with Gasteiger partial charge < -0.3 is 31.2 Å². The molecule has 5 N–H and O–H groups in total. The van der Waals surface area contributed by atoms with Crippen molar-refractivity contribution in [3.8, 4) is 0 Å². The molecule has 0 saturated carbocycles. The molecule has 2 fully saturated rings. The fourth-order valence-electron chi connectivity index (χ4n) is 4.09. The third kappa shape index (κ3) is 1.61. The molecule has 0 aromatic carbocycles. The third-order valence-electron chi connectivity index (χ3n) is 5.26. The van der Waals surface area contributed by atoms with Gasteiger partial charge in [-0.2, -0.15) is 0 Å². The number of ketones is 2. The smallest absolute Gasteiger partial charge is 0.243 e. The molecule has 0 spiro atoms. The normalized spacial score (nSPS) is 36.9. The van der Waals surface area contributed by atoms with E-state index in [2.05, 4.69) is 5.32 Å². The molecule has 3 heterocycles. The van der Waals surface area contributed by atoms with Crippen molar-refractivity contribution < 1.29 is 23.9 Å². The first-order valence-corrected chi connectivity index (χ1v) is 7.63. The van der Waals surface area contributed by atoms with Crippen molar-refractivity contribution in [2.45, 2.75) is 30.8 Å². The average molecular weight is 334 g/mol. The van der Waals surface area contributed by atoms with Gasteiger partial charge in [-0.25, -0.2) is 0 Å². The van der Waals surface area contributed by atoms with Crippen molar-refractivity contribution in [2.24, 2.45) is 11.5 Å². The van der Waals surface area contributed by atoms with Crippen molar-refractivity contribution in [1.82, 2.24) is 10.2 Å². The maximum Gasteiger partial charge on any atom is 0.243 e. The summed E-state index contributed by atoms with van der Waals surface area (Å²) in [7, 11) is 1.49. The van der Waals surface area contributed by atoms with Gasteiger partial charge in [-0.15, -0.1) is 0 Å². The first-order valence-electron chi connectivity index (χ1n) is 7.63. The molecule has 0 bridgehead atoms. The number of piperazine rings is 1. The molecule has 3 aliphatic heterocycles. The number of nitrogens with one attached hydrogen (secondary N) is 1. The summed E-state index contributed by atoms with van der Waals surface area (Å²) in [6.07, 6.45) is -0.918. The number of methoxy groups -OCH3 is 1. The van der Waals surface area contributed by atoms with Crippen LogP contribution in [0.25, 0.3) is 0 Å². The molecular weight excluding hydrogens is 316 g/mol. The summed E-state index contributed by atoms with van der Waals surface area (Å²) in [6, 6.07) is 0.0400. The Morgan fingerprint density at radius 1 is 1.42 bits per heavy atom. The van der Waals surface area contributed by atoms with E-state index in [1.54, 1.807) is 4.90 Å². The fraction of sp³-hybridized carbons (Fsp3) is 0.533. The van der Waals surface area contributed by atoms with E-state index in [0.29, 0.717) is 6.54 Å². The second kappa shape index (κ2) is 4.65. The quantitative estimate of drug-likeness (QED) is 0.378. The van der Waals surface area contributed by atoms with E-state index < -0.39 is 23.5 Å². The Kier molecular flexibility index (Phi) is 2.97. The van der Waals surface area contributed by atoms with Crippen LogP contribution in [-0.2, 0) is 23.9 Å². The Hall–Kier alpha value is -2.23. The Balaban J connectivity index is 1.85. The summed E-state index contributed by atoms with van der Waals surface area (Å²) >= 11 is 0. The zero-order valence-electron chi connectivity index (χ0n) is 13.3.